The molecule has 1 aliphatic rings. The van der Waals surface area contributed by atoms with Gasteiger partial charge in [0.2, 0.25) is 5.91 Å². The molecular formula is C10H15NO2. The maximum Gasteiger partial charge on any atom is 0.246 e. The van der Waals surface area contributed by atoms with Crippen LogP contribution in [0.2, 0.25) is 0 Å². The van der Waals surface area contributed by atoms with Gasteiger partial charge < -0.3 is 10.1 Å². The highest BCUT2D eigenvalue weighted by Gasteiger charge is 2.11. The molecule has 0 aromatic carbocycles. The highest BCUT2D eigenvalue weighted by molar-refractivity contribution is 5.92. The normalized spacial score (nSPS) is 20.5. The first-order chi connectivity index (χ1) is 6.20. The van der Waals surface area contributed by atoms with Crippen LogP contribution in [0.5, 0.6) is 0 Å². The number of hydrogen-bond acceptors (Lipinski definition) is 2. The van der Waals surface area contributed by atoms with Gasteiger partial charge in [-0.15, -0.1) is 0 Å². The predicted octanol–water partition coefficient (Wildman–Crippen LogP) is 1.37. The molecule has 1 atom stereocenters. The Hall–Kier alpha value is -1.25. The molecule has 72 valence electrons. The third kappa shape index (κ3) is 3.32. The van der Waals surface area contributed by atoms with Gasteiger partial charge in [-0.2, -0.15) is 0 Å². The van der Waals surface area contributed by atoms with E-state index in [1.54, 1.807) is 13.2 Å². The Morgan fingerprint density at radius 1 is 1.77 bits per heavy atom. The average Bonchev–Trinajstić information content (AvgIpc) is 2.15. The molecule has 0 saturated heterocycles. The van der Waals surface area contributed by atoms with E-state index >= 15 is 0 Å². The molecule has 0 aromatic heterocycles. The molecule has 0 aromatic rings. The van der Waals surface area contributed by atoms with E-state index in [1.807, 2.05) is 6.08 Å². The van der Waals surface area contributed by atoms with Crippen LogP contribution < -0.4 is 5.32 Å². The highest BCUT2D eigenvalue weighted by atomic mass is 16.5. The number of hydrogen-bond donors (Lipinski definition) is 1. The summed E-state index contributed by atoms with van der Waals surface area (Å²) in [5.41, 5.74) is 0.534. The first-order valence-electron chi connectivity index (χ1n) is 4.44. The largest absolute Gasteiger partial charge is 0.497 e. The molecule has 1 aliphatic heterocycles. The third-order valence-corrected chi connectivity index (χ3v) is 1.90. The smallest absolute Gasteiger partial charge is 0.246 e. The van der Waals surface area contributed by atoms with Crippen molar-refractivity contribution in [2.75, 3.05) is 6.54 Å². The van der Waals surface area contributed by atoms with Crippen LogP contribution in [0.25, 0.3) is 0 Å². The van der Waals surface area contributed by atoms with Crippen LogP contribution >= 0.6 is 0 Å². The van der Waals surface area contributed by atoms with Crippen molar-refractivity contribution in [3.05, 3.63) is 24.5 Å². The Morgan fingerprint density at radius 3 is 3.08 bits per heavy atom. The Bertz CT molecular complexity index is 233. The molecule has 1 amide bonds. The lowest BCUT2D eigenvalue weighted by Crippen LogP contribution is -2.33. The lowest BCUT2D eigenvalue weighted by molar-refractivity contribution is -0.117. The molecular weight excluding hydrogens is 166 g/mol. The zero-order valence-corrected chi connectivity index (χ0v) is 7.88. The molecule has 1 heterocycles. The summed E-state index contributed by atoms with van der Waals surface area (Å²) in [5.74, 6) is -0.0989. The molecule has 0 fully saturated rings. The zero-order valence-electron chi connectivity index (χ0n) is 7.88. The topological polar surface area (TPSA) is 38.3 Å². The van der Waals surface area contributed by atoms with Gasteiger partial charge in [-0.25, -0.2) is 0 Å². The van der Waals surface area contributed by atoms with E-state index < -0.39 is 0 Å². The van der Waals surface area contributed by atoms with E-state index in [2.05, 4.69) is 11.9 Å². The van der Waals surface area contributed by atoms with Gasteiger partial charge in [-0.1, -0.05) is 6.58 Å². The molecule has 1 unspecified atom stereocenters. The van der Waals surface area contributed by atoms with Crippen molar-refractivity contribution in [3.8, 4) is 0 Å². The number of carbonyl (C=O) groups is 1. The fourth-order valence-electron chi connectivity index (χ4n) is 1.09. The number of rotatable bonds is 3. The second-order valence-electron chi connectivity index (χ2n) is 3.20. The first-order valence-corrected chi connectivity index (χ1v) is 4.44. The molecule has 13 heavy (non-hydrogen) atoms. The summed E-state index contributed by atoms with van der Waals surface area (Å²) >= 11 is 0. The standard InChI is InChI=1S/C10H15NO2/c1-8(2)10(12)11-7-9-5-3-4-6-13-9/h4,6,9H,1,3,5,7H2,2H3,(H,11,12). The molecule has 0 radical (unpaired) electrons. The number of ether oxygens (including phenoxy) is 1. The number of carbonyl (C=O) groups excluding carboxylic acids is 1. The van der Waals surface area contributed by atoms with Crippen LogP contribution in [0.4, 0.5) is 0 Å². The van der Waals surface area contributed by atoms with Gasteiger partial charge >= 0.3 is 0 Å². The van der Waals surface area contributed by atoms with Gasteiger partial charge in [0.1, 0.15) is 6.10 Å². The maximum atomic E-state index is 11.1. The lowest BCUT2D eigenvalue weighted by atomic mass is 10.1. The maximum absolute atomic E-state index is 11.1. The van der Waals surface area contributed by atoms with Gasteiger partial charge in [0.05, 0.1) is 12.8 Å². The molecule has 0 saturated carbocycles. The van der Waals surface area contributed by atoms with Gasteiger partial charge in [-0.05, 0) is 25.8 Å². The Balaban J connectivity index is 2.22. The molecule has 1 rings (SSSR count). The third-order valence-electron chi connectivity index (χ3n) is 1.90. The lowest BCUT2D eigenvalue weighted by Gasteiger charge is -2.19. The van der Waals surface area contributed by atoms with Crippen molar-refractivity contribution in [1.29, 1.82) is 0 Å². The number of nitrogens with one attached hydrogen (secondary N) is 1. The Morgan fingerprint density at radius 2 is 2.54 bits per heavy atom. The summed E-state index contributed by atoms with van der Waals surface area (Å²) in [4.78, 5) is 11.1. The van der Waals surface area contributed by atoms with Crippen LogP contribution in [-0.4, -0.2) is 18.6 Å². The Kier molecular flexibility index (Phi) is 3.55. The van der Waals surface area contributed by atoms with Crippen LogP contribution in [0.1, 0.15) is 19.8 Å². The van der Waals surface area contributed by atoms with Gasteiger partial charge in [0.25, 0.3) is 0 Å². The summed E-state index contributed by atoms with van der Waals surface area (Å²) in [6, 6.07) is 0. The van der Waals surface area contributed by atoms with Crippen molar-refractivity contribution in [2.24, 2.45) is 0 Å². The second-order valence-corrected chi connectivity index (χ2v) is 3.20. The van der Waals surface area contributed by atoms with Crippen LogP contribution in [0, 0.1) is 0 Å². The van der Waals surface area contributed by atoms with Crippen molar-refractivity contribution >= 4 is 5.91 Å². The van der Waals surface area contributed by atoms with Crippen molar-refractivity contribution in [3.63, 3.8) is 0 Å². The summed E-state index contributed by atoms with van der Waals surface area (Å²) in [7, 11) is 0. The fourth-order valence-corrected chi connectivity index (χ4v) is 1.09. The molecule has 0 spiro atoms. The number of allylic oxidation sites excluding steroid dienone is 1. The van der Waals surface area contributed by atoms with Gasteiger partial charge in [0.15, 0.2) is 0 Å². The van der Waals surface area contributed by atoms with Crippen LogP contribution in [0.15, 0.2) is 24.5 Å². The van der Waals surface area contributed by atoms with Gasteiger partial charge in [0, 0.05) is 5.57 Å². The zero-order chi connectivity index (χ0) is 9.68. The summed E-state index contributed by atoms with van der Waals surface area (Å²) in [6.45, 7) is 5.81. The highest BCUT2D eigenvalue weighted by Crippen LogP contribution is 2.08. The Labute approximate surface area is 78.5 Å². The van der Waals surface area contributed by atoms with E-state index in [4.69, 9.17) is 4.74 Å². The van der Waals surface area contributed by atoms with Crippen LogP contribution in [-0.2, 0) is 9.53 Å². The molecule has 0 aliphatic carbocycles. The molecule has 0 bridgehead atoms. The second kappa shape index (κ2) is 4.70. The van der Waals surface area contributed by atoms with Crippen molar-refractivity contribution < 1.29 is 9.53 Å². The monoisotopic (exact) mass is 181 g/mol. The van der Waals surface area contributed by atoms with Gasteiger partial charge in [-0.3, -0.25) is 4.79 Å². The van der Waals surface area contributed by atoms with Crippen molar-refractivity contribution in [1.82, 2.24) is 5.32 Å². The molecule has 3 heteroatoms. The first kappa shape index (κ1) is 9.84. The minimum Gasteiger partial charge on any atom is -0.497 e. The van der Waals surface area contributed by atoms with Crippen molar-refractivity contribution in [2.45, 2.75) is 25.9 Å². The minimum atomic E-state index is -0.0989. The molecule has 3 nitrogen and oxygen atoms in total. The summed E-state index contributed by atoms with van der Waals surface area (Å²) in [6.07, 6.45) is 5.78. The van der Waals surface area contributed by atoms with E-state index in [9.17, 15) is 4.79 Å². The van der Waals surface area contributed by atoms with E-state index in [0.717, 1.165) is 12.8 Å². The SMILES string of the molecule is C=C(C)C(=O)NCC1CCC=CO1. The summed E-state index contributed by atoms with van der Waals surface area (Å²) in [5, 5.41) is 2.75. The van der Waals surface area contributed by atoms with E-state index in [1.165, 1.54) is 0 Å². The summed E-state index contributed by atoms with van der Waals surface area (Å²) < 4.78 is 5.28. The van der Waals surface area contributed by atoms with E-state index in [-0.39, 0.29) is 12.0 Å². The molecule has 1 N–H and O–H groups in total. The fraction of sp³-hybridized carbons (Fsp3) is 0.500. The quantitative estimate of drug-likeness (QED) is 0.668. The number of amides is 1. The average molecular weight is 181 g/mol. The van der Waals surface area contributed by atoms with E-state index in [0.29, 0.717) is 12.1 Å². The van der Waals surface area contributed by atoms with Crippen LogP contribution in [0.3, 0.4) is 0 Å². The predicted molar refractivity (Wildman–Crippen MR) is 51.1 cm³/mol. The minimum absolute atomic E-state index is 0.0989.